The van der Waals surface area contributed by atoms with Gasteiger partial charge in [0, 0.05) is 6.42 Å². The van der Waals surface area contributed by atoms with Crippen LogP contribution in [0, 0.1) is 6.92 Å². The Balaban J connectivity index is 2.18. The first-order chi connectivity index (χ1) is 5.34. The maximum absolute atomic E-state index is 5.42. The lowest BCUT2D eigenvalue weighted by Crippen LogP contribution is -1.89. The van der Waals surface area contributed by atoms with Gasteiger partial charge in [-0.25, -0.2) is 0 Å². The van der Waals surface area contributed by atoms with Gasteiger partial charge in [0.25, 0.3) is 0 Å². The summed E-state index contributed by atoms with van der Waals surface area (Å²) in [5.74, 6) is 0. The Bertz CT molecular complexity index is 317. The van der Waals surface area contributed by atoms with Crippen molar-refractivity contribution in [2.24, 2.45) is 0 Å². The zero-order valence-electron chi connectivity index (χ0n) is 6.50. The first kappa shape index (κ1) is 5.78. The molecule has 1 nitrogen and oxygen atoms in total. The Kier molecular flexibility index (Phi) is 0.878. The molecular weight excluding hydrogens is 136 g/mol. The zero-order valence-corrected chi connectivity index (χ0v) is 6.50. The molecule has 1 aliphatic carbocycles. The number of benzene rings is 1. The molecule has 0 N–H and O–H groups in total. The standard InChI is InChI=1S/C10H10O/c1-6-2-3-8-7(4-6)5-9-10(8)11-9/h2-4,9-10H,5H2,1H3. The van der Waals surface area contributed by atoms with Gasteiger partial charge in [0.1, 0.15) is 6.10 Å². The van der Waals surface area contributed by atoms with E-state index in [4.69, 9.17) is 4.74 Å². The molecule has 1 aromatic carbocycles. The highest BCUT2D eigenvalue weighted by Crippen LogP contribution is 2.48. The summed E-state index contributed by atoms with van der Waals surface area (Å²) in [6, 6.07) is 6.66. The SMILES string of the molecule is Cc1ccc2c(c1)CC1OC21. The number of ether oxygens (including phenoxy) is 1. The molecule has 11 heavy (non-hydrogen) atoms. The third kappa shape index (κ3) is 0.690. The average Bonchev–Trinajstić information content (AvgIpc) is 2.63. The Morgan fingerprint density at radius 3 is 3.27 bits per heavy atom. The van der Waals surface area contributed by atoms with Crippen molar-refractivity contribution in [3.63, 3.8) is 0 Å². The normalized spacial score (nSPS) is 31.4. The Morgan fingerprint density at radius 1 is 1.45 bits per heavy atom. The van der Waals surface area contributed by atoms with E-state index in [0.717, 1.165) is 6.42 Å². The molecule has 0 bridgehead atoms. The topological polar surface area (TPSA) is 12.5 Å². The summed E-state index contributed by atoms with van der Waals surface area (Å²) in [5, 5.41) is 0. The van der Waals surface area contributed by atoms with Crippen molar-refractivity contribution in [1.82, 2.24) is 0 Å². The van der Waals surface area contributed by atoms with Crippen molar-refractivity contribution in [1.29, 1.82) is 0 Å². The second-order valence-corrected chi connectivity index (χ2v) is 3.50. The van der Waals surface area contributed by atoms with Crippen molar-refractivity contribution in [3.05, 3.63) is 34.9 Å². The highest BCUT2D eigenvalue weighted by Gasteiger charge is 2.46. The predicted octanol–water partition coefficient (Wildman–Crippen LogP) is 1.99. The lowest BCUT2D eigenvalue weighted by Gasteiger charge is -2.01. The van der Waals surface area contributed by atoms with Gasteiger partial charge in [-0.2, -0.15) is 0 Å². The zero-order chi connectivity index (χ0) is 7.42. The molecule has 3 rings (SSSR count). The number of fused-ring (bicyclic) bond motifs is 3. The van der Waals surface area contributed by atoms with Gasteiger partial charge in [0.05, 0.1) is 6.10 Å². The molecule has 0 saturated carbocycles. The Morgan fingerprint density at radius 2 is 2.36 bits per heavy atom. The smallest absolute Gasteiger partial charge is 0.110 e. The summed E-state index contributed by atoms with van der Waals surface area (Å²) in [6.07, 6.45) is 2.14. The van der Waals surface area contributed by atoms with Crippen LogP contribution in [0.1, 0.15) is 22.8 Å². The second kappa shape index (κ2) is 1.67. The van der Waals surface area contributed by atoms with Crippen LogP contribution in [0.3, 0.4) is 0 Å². The molecule has 2 unspecified atom stereocenters. The number of hydrogen-bond acceptors (Lipinski definition) is 1. The molecule has 1 heterocycles. The van der Waals surface area contributed by atoms with Crippen LogP contribution >= 0.6 is 0 Å². The van der Waals surface area contributed by atoms with Crippen LogP contribution in [0.2, 0.25) is 0 Å². The van der Waals surface area contributed by atoms with Crippen molar-refractivity contribution < 1.29 is 4.74 Å². The second-order valence-electron chi connectivity index (χ2n) is 3.50. The highest BCUT2D eigenvalue weighted by molar-refractivity contribution is 5.41. The summed E-state index contributed by atoms with van der Waals surface area (Å²) in [5.41, 5.74) is 4.30. The summed E-state index contributed by atoms with van der Waals surface area (Å²) in [7, 11) is 0. The quantitative estimate of drug-likeness (QED) is 0.510. The lowest BCUT2D eigenvalue weighted by molar-refractivity contribution is 0.361. The third-order valence-corrected chi connectivity index (χ3v) is 2.61. The van der Waals surface area contributed by atoms with Crippen LogP contribution < -0.4 is 0 Å². The van der Waals surface area contributed by atoms with Gasteiger partial charge in [0.2, 0.25) is 0 Å². The van der Waals surface area contributed by atoms with E-state index in [1.807, 2.05) is 0 Å². The molecule has 56 valence electrons. The fourth-order valence-electron chi connectivity index (χ4n) is 1.98. The molecule has 1 aliphatic heterocycles. The van der Waals surface area contributed by atoms with E-state index in [1.54, 1.807) is 0 Å². The van der Waals surface area contributed by atoms with Gasteiger partial charge in [-0.15, -0.1) is 0 Å². The van der Waals surface area contributed by atoms with Crippen LogP contribution in [0.15, 0.2) is 18.2 Å². The Labute approximate surface area is 66.0 Å². The van der Waals surface area contributed by atoms with Crippen molar-refractivity contribution in [2.75, 3.05) is 0 Å². The summed E-state index contributed by atoms with van der Waals surface area (Å²) in [6.45, 7) is 2.14. The predicted molar refractivity (Wildman–Crippen MR) is 42.5 cm³/mol. The highest BCUT2D eigenvalue weighted by atomic mass is 16.6. The maximum atomic E-state index is 5.42. The van der Waals surface area contributed by atoms with Gasteiger partial charge in [-0.1, -0.05) is 23.8 Å². The summed E-state index contributed by atoms with van der Waals surface area (Å²) in [4.78, 5) is 0. The first-order valence-corrected chi connectivity index (χ1v) is 4.09. The van der Waals surface area contributed by atoms with E-state index in [2.05, 4.69) is 25.1 Å². The van der Waals surface area contributed by atoms with Crippen LogP contribution in [0.5, 0.6) is 0 Å². The molecule has 1 fully saturated rings. The van der Waals surface area contributed by atoms with Gasteiger partial charge in [-0.05, 0) is 18.1 Å². The molecule has 0 amide bonds. The van der Waals surface area contributed by atoms with E-state index >= 15 is 0 Å². The number of hydrogen-bond donors (Lipinski definition) is 0. The number of epoxide rings is 1. The Hall–Kier alpha value is -0.820. The minimum Gasteiger partial charge on any atom is -0.364 e. The molecular formula is C10H10O. The van der Waals surface area contributed by atoms with Crippen LogP contribution in [-0.4, -0.2) is 6.10 Å². The third-order valence-electron chi connectivity index (χ3n) is 2.61. The molecule has 1 aromatic rings. The van der Waals surface area contributed by atoms with Gasteiger partial charge >= 0.3 is 0 Å². The number of aryl methyl sites for hydroxylation is 1. The van der Waals surface area contributed by atoms with E-state index in [0.29, 0.717) is 12.2 Å². The molecule has 1 saturated heterocycles. The van der Waals surface area contributed by atoms with Gasteiger partial charge in [0.15, 0.2) is 0 Å². The molecule has 0 spiro atoms. The van der Waals surface area contributed by atoms with Crippen LogP contribution in [-0.2, 0) is 11.2 Å². The minimum absolute atomic E-state index is 0.464. The first-order valence-electron chi connectivity index (χ1n) is 4.09. The minimum atomic E-state index is 0.464. The van der Waals surface area contributed by atoms with E-state index in [9.17, 15) is 0 Å². The molecule has 1 heteroatoms. The van der Waals surface area contributed by atoms with Crippen molar-refractivity contribution in [3.8, 4) is 0 Å². The van der Waals surface area contributed by atoms with E-state index < -0.39 is 0 Å². The fourth-order valence-corrected chi connectivity index (χ4v) is 1.98. The summed E-state index contributed by atoms with van der Waals surface area (Å²) < 4.78 is 5.42. The molecule has 2 aliphatic rings. The van der Waals surface area contributed by atoms with Crippen molar-refractivity contribution in [2.45, 2.75) is 25.6 Å². The molecule has 2 atom stereocenters. The van der Waals surface area contributed by atoms with E-state index in [-0.39, 0.29) is 0 Å². The molecule has 0 radical (unpaired) electrons. The van der Waals surface area contributed by atoms with Crippen LogP contribution in [0.4, 0.5) is 0 Å². The average molecular weight is 146 g/mol. The summed E-state index contributed by atoms with van der Waals surface area (Å²) >= 11 is 0. The van der Waals surface area contributed by atoms with E-state index in [1.165, 1.54) is 16.7 Å². The fraction of sp³-hybridized carbons (Fsp3) is 0.400. The molecule has 0 aromatic heterocycles. The largest absolute Gasteiger partial charge is 0.364 e. The lowest BCUT2D eigenvalue weighted by atomic mass is 10.1. The number of rotatable bonds is 0. The van der Waals surface area contributed by atoms with Gasteiger partial charge in [-0.3, -0.25) is 0 Å². The maximum Gasteiger partial charge on any atom is 0.110 e. The van der Waals surface area contributed by atoms with Crippen molar-refractivity contribution >= 4 is 0 Å². The van der Waals surface area contributed by atoms with Gasteiger partial charge < -0.3 is 4.74 Å². The monoisotopic (exact) mass is 146 g/mol. The van der Waals surface area contributed by atoms with Crippen LogP contribution in [0.25, 0.3) is 0 Å².